The van der Waals surface area contributed by atoms with Gasteiger partial charge in [0.15, 0.2) is 0 Å². The van der Waals surface area contributed by atoms with E-state index in [1.807, 2.05) is 0 Å². The normalized spacial score (nSPS) is 18.8. The molecule has 1 aliphatic rings. The van der Waals surface area contributed by atoms with Crippen LogP contribution in [0, 0.1) is 0 Å². The molecule has 0 spiro atoms. The van der Waals surface area contributed by atoms with E-state index in [2.05, 4.69) is 0 Å². The Morgan fingerprint density at radius 1 is 0.909 bits per heavy atom. The number of hydrogen-bond donors (Lipinski definition) is 0. The van der Waals surface area contributed by atoms with Gasteiger partial charge in [-0.25, -0.2) is 0 Å². The van der Waals surface area contributed by atoms with Gasteiger partial charge in [0.1, 0.15) is 0 Å². The third kappa shape index (κ3) is 5.55. The third-order valence-electron chi connectivity index (χ3n) is 1.43. The first-order valence-electron chi connectivity index (χ1n) is 2.88. The summed E-state index contributed by atoms with van der Waals surface area (Å²) in [4.78, 5) is 30.7. The third-order valence-corrected chi connectivity index (χ3v) is 2.52. The SMILES string of the molecule is [Na+].[Na+].[O-][P+]([O-])([O-])N1CCCC1. The van der Waals surface area contributed by atoms with Crippen LogP contribution in [0.1, 0.15) is 12.8 Å². The zero-order chi connectivity index (χ0) is 6.91. The van der Waals surface area contributed by atoms with Crippen molar-refractivity contribution in [2.45, 2.75) is 12.8 Å². The van der Waals surface area contributed by atoms with Crippen LogP contribution in [0.4, 0.5) is 0 Å². The fourth-order valence-corrected chi connectivity index (χ4v) is 1.72. The summed E-state index contributed by atoms with van der Waals surface area (Å²) in [6.07, 6.45) is 1.66. The maximum absolute atomic E-state index is 10.2. The molecule has 11 heavy (non-hydrogen) atoms. The van der Waals surface area contributed by atoms with Crippen molar-refractivity contribution in [3.05, 3.63) is 0 Å². The molecule has 1 heterocycles. The van der Waals surface area contributed by atoms with Crippen molar-refractivity contribution in [1.29, 1.82) is 0 Å². The molecule has 0 atom stereocenters. The van der Waals surface area contributed by atoms with Gasteiger partial charge in [0.05, 0.1) is 0 Å². The topological polar surface area (TPSA) is 72.4 Å². The standard InChI is InChI=1S/C4H10NO3P.2Na/c6-9(7,8)5-3-1-2-4-5;;/h1-4H2,(H2,6,7,8);;/q;2*+1/p-2. The predicted molar refractivity (Wildman–Crippen MR) is 27.7 cm³/mol. The van der Waals surface area contributed by atoms with Crippen LogP contribution < -0.4 is 73.8 Å². The van der Waals surface area contributed by atoms with Crippen molar-refractivity contribution in [1.82, 2.24) is 4.67 Å². The monoisotopic (exact) mass is 195 g/mol. The molecule has 1 rings (SSSR count). The predicted octanol–water partition coefficient (Wildman–Crippen LogP) is -8.15. The molecule has 0 amide bonds. The Morgan fingerprint density at radius 2 is 1.27 bits per heavy atom. The van der Waals surface area contributed by atoms with E-state index in [0.29, 0.717) is 13.1 Å². The van der Waals surface area contributed by atoms with Gasteiger partial charge in [-0.3, -0.25) is 0 Å². The molecule has 54 valence electrons. The molecule has 0 aromatic heterocycles. The Bertz CT molecular complexity index is 104. The van der Waals surface area contributed by atoms with Crippen molar-refractivity contribution >= 4 is 8.09 Å². The molecule has 7 heteroatoms. The van der Waals surface area contributed by atoms with Gasteiger partial charge in [0.25, 0.3) is 0 Å². The van der Waals surface area contributed by atoms with Crippen molar-refractivity contribution < 1.29 is 73.8 Å². The molecular formula is C4H8NNa2O3P. The maximum Gasteiger partial charge on any atom is 1.00 e. The Hall–Kier alpha value is 2.27. The first kappa shape index (κ1) is 15.7. The molecule has 4 nitrogen and oxygen atoms in total. The fraction of sp³-hybridized carbons (Fsp3) is 1.00. The molecule has 1 fully saturated rings. The van der Waals surface area contributed by atoms with Crippen LogP contribution in [0.3, 0.4) is 0 Å². The summed E-state index contributed by atoms with van der Waals surface area (Å²) < 4.78 is 0.993. The summed E-state index contributed by atoms with van der Waals surface area (Å²) in [6.45, 7) is 0.842. The summed E-state index contributed by atoms with van der Waals surface area (Å²) in [5, 5.41) is 0. The van der Waals surface area contributed by atoms with Crippen LogP contribution in [-0.2, 0) is 0 Å². The van der Waals surface area contributed by atoms with Gasteiger partial charge in [0.2, 0.25) is 0 Å². The number of rotatable bonds is 1. The molecule has 0 radical (unpaired) electrons. The van der Waals surface area contributed by atoms with Crippen molar-refractivity contribution in [3.63, 3.8) is 0 Å². The van der Waals surface area contributed by atoms with Gasteiger partial charge in [0, 0.05) is 13.1 Å². The number of nitrogens with zero attached hydrogens (tertiary/aromatic N) is 1. The zero-order valence-electron chi connectivity index (χ0n) is 6.95. The molecule has 0 aromatic rings. The van der Waals surface area contributed by atoms with E-state index in [1.54, 1.807) is 0 Å². The van der Waals surface area contributed by atoms with Crippen molar-refractivity contribution in [2.24, 2.45) is 0 Å². The first-order chi connectivity index (χ1) is 4.11. The summed E-state index contributed by atoms with van der Waals surface area (Å²) in [6, 6.07) is 0. The van der Waals surface area contributed by atoms with Gasteiger partial charge in [-0.2, -0.15) is 4.67 Å². The molecule has 0 saturated carbocycles. The van der Waals surface area contributed by atoms with Crippen LogP contribution in [0.15, 0.2) is 0 Å². The summed E-state index contributed by atoms with van der Waals surface area (Å²) in [5.74, 6) is 0. The van der Waals surface area contributed by atoms with Crippen molar-refractivity contribution in [2.75, 3.05) is 13.1 Å². The minimum atomic E-state index is -4.38. The fourth-order valence-electron chi connectivity index (χ4n) is 0.945. The second-order valence-electron chi connectivity index (χ2n) is 2.13. The van der Waals surface area contributed by atoms with Crippen LogP contribution >= 0.6 is 8.09 Å². The molecule has 0 aromatic carbocycles. The molecule has 1 saturated heterocycles. The molecule has 0 unspecified atom stereocenters. The van der Waals surface area contributed by atoms with Crippen LogP contribution in [-0.4, -0.2) is 17.8 Å². The minimum Gasteiger partial charge on any atom is -0.673 e. The second kappa shape index (κ2) is 6.68. The molecule has 0 N–H and O–H groups in total. The van der Waals surface area contributed by atoms with Gasteiger partial charge in [-0.1, -0.05) is 8.09 Å². The van der Waals surface area contributed by atoms with E-state index in [4.69, 9.17) is 0 Å². The van der Waals surface area contributed by atoms with E-state index in [1.165, 1.54) is 0 Å². The summed E-state index contributed by atoms with van der Waals surface area (Å²) in [7, 11) is -4.38. The van der Waals surface area contributed by atoms with E-state index in [0.717, 1.165) is 17.5 Å². The average molecular weight is 195 g/mol. The Balaban J connectivity index is 0. The minimum absolute atomic E-state index is 0. The van der Waals surface area contributed by atoms with Gasteiger partial charge in [-0.15, -0.1) is 0 Å². The second-order valence-corrected chi connectivity index (χ2v) is 3.63. The number of hydrogen-bond acceptors (Lipinski definition) is 4. The molecule has 1 aliphatic heterocycles. The smallest absolute Gasteiger partial charge is 0.673 e. The quantitative estimate of drug-likeness (QED) is 0.307. The van der Waals surface area contributed by atoms with Crippen LogP contribution in [0.25, 0.3) is 0 Å². The van der Waals surface area contributed by atoms with E-state index < -0.39 is 8.09 Å². The largest absolute Gasteiger partial charge is 1.00 e. The first-order valence-corrected chi connectivity index (χ1v) is 4.38. The zero-order valence-corrected chi connectivity index (χ0v) is 11.8. The Labute approximate surface area is 111 Å². The van der Waals surface area contributed by atoms with E-state index in [9.17, 15) is 14.7 Å². The van der Waals surface area contributed by atoms with Crippen LogP contribution in [0.5, 0.6) is 0 Å². The van der Waals surface area contributed by atoms with Gasteiger partial charge in [-0.05, 0) is 12.8 Å². The summed E-state index contributed by atoms with van der Waals surface area (Å²) in [5.41, 5.74) is 0. The molecular weight excluding hydrogens is 187 g/mol. The van der Waals surface area contributed by atoms with Gasteiger partial charge >= 0.3 is 59.1 Å². The average Bonchev–Trinajstić information content (AvgIpc) is 2.08. The maximum atomic E-state index is 10.2. The Kier molecular flexibility index (Phi) is 9.56. The van der Waals surface area contributed by atoms with E-state index >= 15 is 0 Å². The molecule has 0 aliphatic carbocycles. The van der Waals surface area contributed by atoms with Gasteiger partial charge < -0.3 is 14.7 Å². The Morgan fingerprint density at radius 3 is 1.45 bits per heavy atom. The molecule has 0 bridgehead atoms. The van der Waals surface area contributed by atoms with E-state index in [-0.39, 0.29) is 59.1 Å². The summed E-state index contributed by atoms with van der Waals surface area (Å²) >= 11 is 0. The van der Waals surface area contributed by atoms with Crippen molar-refractivity contribution in [3.8, 4) is 0 Å². The van der Waals surface area contributed by atoms with Crippen LogP contribution in [0.2, 0.25) is 0 Å².